The maximum atomic E-state index is 14.0. The zero-order chi connectivity index (χ0) is 30.8. The molecule has 0 aliphatic heterocycles. The molecule has 0 saturated carbocycles. The molecule has 0 bridgehead atoms. The van der Waals surface area contributed by atoms with Crippen LogP contribution >= 0.6 is 0 Å². The van der Waals surface area contributed by atoms with Gasteiger partial charge < -0.3 is 25.0 Å². The monoisotopic (exact) mass is 563 g/mol. The van der Waals surface area contributed by atoms with E-state index in [0.717, 1.165) is 5.56 Å². The molecule has 0 aliphatic rings. The van der Waals surface area contributed by atoms with Crippen LogP contribution in [-0.2, 0) is 30.3 Å². The van der Waals surface area contributed by atoms with Crippen molar-refractivity contribution in [1.29, 1.82) is 0 Å². The molecule has 9 heteroatoms. The second-order valence-corrected chi connectivity index (χ2v) is 11.5. The summed E-state index contributed by atoms with van der Waals surface area (Å²) in [5.74, 6) is 0.803. The summed E-state index contributed by atoms with van der Waals surface area (Å²) in [6, 6.07) is 13.8. The molecule has 2 unspecified atom stereocenters. The number of amides is 3. The summed E-state index contributed by atoms with van der Waals surface area (Å²) in [7, 11) is 0. The Morgan fingerprint density at radius 2 is 1.49 bits per heavy atom. The summed E-state index contributed by atoms with van der Waals surface area (Å²) in [6.45, 7) is 11.8. The predicted molar refractivity (Wildman–Crippen MR) is 157 cm³/mol. The normalized spacial score (nSPS) is 12.7. The van der Waals surface area contributed by atoms with Crippen molar-refractivity contribution < 1.29 is 28.7 Å². The fourth-order valence-electron chi connectivity index (χ4n) is 4.05. The number of carbonyl (C=O) groups is 4. The van der Waals surface area contributed by atoms with Crippen LogP contribution in [0.5, 0.6) is 0 Å². The number of nitrogens with one attached hydrogen (secondary N) is 2. The van der Waals surface area contributed by atoms with Crippen LogP contribution in [0.25, 0.3) is 0 Å². The summed E-state index contributed by atoms with van der Waals surface area (Å²) < 4.78 is 10.8. The molecule has 2 aromatic rings. The first-order chi connectivity index (χ1) is 19.1. The summed E-state index contributed by atoms with van der Waals surface area (Å²) in [6.07, 6.45) is 5.16. The van der Waals surface area contributed by atoms with Gasteiger partial charge in [-0.1, -0.05) is 54.5 Å². The third-order valence-electron chi connectivity index (χ3n) is 5.71. The molecule has 0 saturated heterocycles. The highest BCUT2D eigenvalue weighted by Crippen LogP contribution is 2.25. The van der Waals surface area contributed by atoms with Gasteiger partial charge in [0.15, 0.2) is 0 Å². The molecule has 220 valence electrons. The van der Waals surface area contributed by atoms with Crippen molar-refractivity contribution in [3.8, 4) is 12.3 Å². The number of esters is 1. The van der Waals surface area contributed by atoms with Gasteiger partial charge in [-0.15, -0.1) is 6.42 Å². The lowest BCUT2D eigenvalue weighted by atomic mass is 9.97. The van der Waals surface area contributed by atoms with E-state index in [0.29, 0.717) is 11.1 Å². The number of alkyl carbamates (subject to hydrolysis) is 1. The quantitative estimate of drug-likeness (QED) is 0.332. The Labute approximate surface area is 243 Å². The van der Waals surface area contributed by atoms with Gasteiger partial charge in [-0.25, -0.2) is 9.59 Å². The van der Waals surface area contributed by atoms with E-state index in [1.165, 1.54) is 4.90 Å². The van der Waals surface area contributed by atoms with Crippen molar-refractivity contribution in [3.05, 3.63) is 71.3 Å². The molecule has 0 spiro atoms. The number of terminal acetylenes is 1. The van der Waals surface area contributed by atoms with Gasteiger partial charge in [0.1, 0.15) is 29.8 Å². The summed E-state index contributed by atoms with van der Waals surface area (Å²) in [4.78, 5) is 54.1. The zero-order valence-corrected chi connectivity index (χ0v) is 24.9. The van der Waals surface area contributed by atoms with Crippen molar-refractivity contribution in [2.75, 3.05) is 13.1 Å². The Kier molecular flexibility index (Phi) is 11.5. The Balaban J connectivity index is 2.44. The second kappa shape index (κ2) is 14.4. The number of hydrogen-bond acceptors (Lipinski definition) is 6. The summed E-state index contributed by atoms with van der Waals surface area (Å²) >= 11 is 0. The van der Waals surface area contributed by atoms with Crippen molar-refractivity contribution in [2.24, 2.45) is 0 Å². The van der Waals surface area contributed by atoms with Gasteiger partial charge in [0.05, 0.1) is 0 Å². The van der Waals surface area contributed by atoms with Crippen molar-refractivity contribution in [1.82, 2.24) is 15.5 Å². The number of nitrogens with zero attached hydrogens (tertiary/aromatic N) is 1. The highest BCUT2D eigenvalue weighted by atomic mass is 16.6. The van der Waals surface area contributed by atoms with Crippen molar-refractivity contribution in [2.45, 2.75) is 78.2 Å². The molecule has 9 nitrogen and oxygen atoms in total. The molecule has 2 atom stereocenters. The van der Waals surface area contributed by atoms with E-state index in [1.807, 2.05) is 30.3 Å². The third-order valence-corrected chi connectivity index (χ3v) is 5.71. The van der Waals surface area contributed by atoms with E-state index in [2.05, 4.69) is 16.6 Å². The van der Waals surface area contributed by atoms with Gasteiger partial charge in [0, 0.05) is 18.5 Å². The first kappa shape index (κ1) is 32.9. The standard InChI is InChI=1S/C32H41N3O6/c1-9-23-18-14-15-19-24(23)27(35(10-2)26(36)21-33-30(39)41-32(6,7)8)28(37)34-25(29(38)40-31(3,4)5)20-22-16-12-11-13-17-22/h1,11-19,25,27H,10,20-21H2,2-8H3,(H,33,39)(H,34,37). The predicted octanol–water partition coefficient (Wildman–Crippen LogP) is 4.15. The van der Waals surface area contributed by atoms with E-state index in [9.17, 15) is 19.2 Å². The molecule has 0 aliphatic carbocycles. The van der Waals surface area contributed by atoms with Gasteiger partial charge >= 0.3 is 12.1 Å². The maximum absolute atomic E-state index is 14.0. The molecule has 2 aromatic carbocycles. The SMILES string of the molecule is C#Cc1ccccc1C(C(=O)NC(Cc1ccccc1)C(=O)OC(C)(C)C)N(CC)C(=O)CNC(=O)OC(C)(C)C. The van der Waals surface area contributed by atoms with E-state index >= 15 is 0 Å². The number of likely N-dealkylation sites (N-methyl/N-ethyl adjacent to an activating group) is 1. The van der Waals surface area contributed by atoms with Gasteiger partial charge in [-0.3, -0.25) is 9.59 Å². The topological polar surface area (TPSA) is 114 Å². The fourth-order valence-corrected chi connectivity index (χ4v) is 4.05. The number of hydrogen-bond donors (Lipinski definition) is 2. The largest absolute Gasteiger partial charge is 0.458 e. The minimum absolute atomic E-state index is 0.113. The van der Waals surface area contributed by atoms with Crippen LogP contribution in [0, 0.1) is 12.3 Å². The lowest BCUT2D eigenvalue weighted by Gasteiger charge is -2.33. The van der Waals surface area contributed by atoms with Crippen LogP contribution in [0.15, 0.2) is 54.6 Å². The van der Waals surface area contributed by atoms with Crippen LogP contribution in [0.2, 0.25) is 0 Å². The van der Waals surface area contributed by atoms with E-state index in [-0.39, 0.29) is 13.0 Å². The van der Waals surface area contributed by atoms with Crippen LogP contribution < -0.4 is 10.6 Å². The molecule has 3 amide bonds. The Morgan fingerprint density at radius 3 is 2.05 bits per heavy atom. The molecule has 2 rings (SSSR count). The Bertz CT molecular complexity index is 1250. The molecule has 0 heterocycles. The van der Waals surface area contributed by atoms with Crippen molar-refractivity contribution >= 4 is 23.9 Å². The van der Waals surface area contributed by atoms with Gasteiger partial charge in [-0.2, -0.15) is 0 Å². The van der Waals surface area contributed by atoms with Crippen LogP contribution in [0.4, 0.5) is 4.79 Å². The van der Waals surface area contributed by atoms with Crippen LogP contribution in [0.3, 0.4) is 0 Å². The van der Waals surface area contributed by atoms with Crippen LogP contribution in [-0.4, -0.2) is 59.1 Å². The number of rotatable bonds is 10. The molecule has 2 N–H and O–H groups in total. The third kappa shape index (κ3) is 10.6. The molecule has 0 aromatic heterocycles. The maximum Gasteiger partial charge on any atom is 0.408 e. The molecular formula is C32H41N3O6. The molecule has 0 fully saturated rings. The summed E-state index contributed by atoms with van der Waals surface area (Å²) in [5, 5.41) is 5.26. The lowest BCUT2D eigenvalue weighted by molar-refractivity contribution is -0.159. The zero-order valence-electron chi connectivity index (χ0n) is 24.9. The van der Waals surface area contributed by atoms with Crippen LogP contribution in [0.1, 0.15) is 71.2 Å². The highest BCUT2D eigenvalue weighted by molar-refractivity contribution is 5.93. The summed E-state index contributed by atoms with van der Waals surface area (Å²) in [5.41, 5.74) is 0.0966. The average molecular weight is 564 g/mol. The highest BCUT2D eigenvalue weighted by Gasteiger charge is 2.35. The Morgan fingerprint density at radius 1 is 0.902 bits per heavy atom. The number of ether oxygens (including phenoxy) is 2. The Hall–Kier alpha value is -4.32. The smallest absolute Gasteiger partial charge is 0.408 e. The van der Waals surface area contributed by atoms with Gasteiger partial charge in [-0.05, 0) is 65.7 Å². The number of benzene rings is 2. The van der Waals surface area contributed by atoms with E-state index < -0.39 is 53.7 Å². The second-order valence-electron chi connectivity index (χ2n) is 11.5. The van der Waals surface area contributed by atoms with Gasteiger partial charge in [0.25, 0.3) is 0 Å². The van der Waals surface area contributed by atoms with Crippen molar-refractivity contribution in [3.63, 3.8) is 0 Å². The number of carbonyl (C=O) groups excluding carboxylic acids is 4. The molecule has 0 radical (unpaired) electrons. The minimum Gasteiger partial charge on any atom is -0.458 e. The fraction of sp³-hybridized carbons (Fsp3) is 0.438. The first-order valence-electron chi connectivity index (χ1n) is 13.5. The van der Waals surface area contributed by atoms with E-state index in [4.69, 9.17) is 15.9 Å². The molecular weight excluding hydrogens is 522 g/mol. The molecule has 41 heavy (non-hydrogen) atoms. The van der Waals surface area contributed by atoms with Gasteiger partial charge in [0.2, 0.25) is 11.8 Å². The lowest BCUT2D eigenvalue weighted by Crippen LogP contribution is -2.52. The van der Waals surface area contributed by atoms with E-state index in [1.54, 1.807) is 72.7 Å². The average Bonchev–Trinajstić information content (AvgIpc) is 2.88. The minimum atomic E-state index is -1.19. The first-order valence-corrected chi connectivity index (χ1v) is 13.5.